The van der Waals surface area contributed by atoms with Crippen LogP contribution in [0.2, 0.25) is 0 Å². The predicted octanol–water partition coefficient (Wildman–Crippen LogP) is 4.38. The van der Waals surface area contributed by atoms with E-state index in [4.69, 9.17) is 13.9 Å². The first kappa shape index (κ1) is 18.7. The molecule has 0 aliphatic carbocycles. The van der Waals surface area contributed by atoms with Crippen LogP contribution in [0.15, 0.2) is 68.2 Å². The second kappa shape index (κ2) is 8.15. The van der Waals surface area contributed by atoms with Crippen molar-refractivity contribution in [2.45, 2.75) is 0 Å². The highest BCUT2D eigenvalue weighted by atomic mass is 32.1. The van der Waals surface area contributed by atoms with Crippen molar-refractivity contribution in [3.05, 3.63) is 69.9 Å². The van der Waals surface area contributed by atoms with Gasteiger partial charge < -0.3 is 13.9 Å². The van der Waals surface area contributed by atoms with E-state index >= 15 is 0 Å². The first-order valence-corrected chi connectivity index (χ1v) is 9.55. The van der Waals surface area contributed by atoms with Crippen molar-refractivity contribution in [2.24, 2.45) is 5.10 Å². The third-order valence-electron chi connectivity index (χ3n) is 4.19. The zero-order chi connectivity index (χ0) is 20.2. The first-order valence-electron chi connectivity index (χ1n) is 8.67. The maximum absolute atomic E-state index is 12.4. The molecule has 8 heteroatoms. The van der Waals surface area contributed by atoms with Gasteiger partial charge in [-0.25, -0.2) is 9.78 Å². The van der Waals surface area contributed by atoms with Crippen LogP contribution in [0.1, 0.15) is 5.56 Å². The molecule has 0 saturated carbocycles. The lowest BCUT2D eigenvalue weighted by Crippen LogP contribution is -2.03. The van der Waals surface area contributed by atoms with Crippen LogP contribution in [0.3, 0.4) is 0 Å². The number of ether oxygens (including phenoxy) is 2. The molecule has 0 saturated heterocycles. The molecule has 0 radical (unpaired) electrons. The number of aromatic nitrogens is 1. The van der Waals surface area contributed by atoms with Crippen LogP contribution >= 0.6 is 11.3 Å². The lowest BCUT2D eigenvalue weighted by Gasteiger charge is -2.03. The van der Waals surface area contributed by atoms with E-state index in [9.17, 15) is 4.79 Å². The predicted molar refractivity (Wildman–Crippen MR) is 114 cm³/mol. The number of nitrogens with zero attached hydrogens (tertiary/aromatic N) is 2. The lowest BCUT2D eigenvalue weighted by molar-refractivity contribution is 0.414. The third-order valence-corrected chi connectivity index (χ3v) is 4.93. The van der Waals surface area contributed by atoms with Gasteiger partial charge in [-0.05, 0) is 42.0 Å². The van der Waals surface area contributed by atoms with Crippen LogP contribution in [0.4, 0.5) is 5.13 Å². The molecule has 0 aliphatic heterocycles. The van der Waals surface area contributed by atoms with Crippen molar-refractivity contribution in [1.29, 1.82) is 0 Å². The molecule has 4 rings (SSSR count). The van der Waals surface area contributed by atoms with E-state index in [1.54, 1.807) is 44.0 Å². The highest BCUT2D eigenvalue weighted by Crippen LogP contribution is 2.27. The van der Waals surface area contributed by atoms with Gasteiger partial charge in [-0.1, -0.05) is 12.1 Å². The quantitative estimate of drug-likeness (QED) is 0.290. The fourth-order valence-corrected chi connectivity index (χ4v) is 3.40. The van der Waals surface area contributed by atoms with Crippen LogP contribution in [-0.2, 0) is 0 Å². The van der Waals surface area contributed by atoms with Gasteiger partial charge in [-0.3, -0.25) is 5.43 Å². The highest BCUT2D eigenvalue weighted by molar-refractivity contribution is 7.14. The molecule has 0 amide bonds. The molecular formula is C21H17N3O4S. The zero-order valence-corrected chi connectivity index (χ0v) is 16.5. The molecule has 0 unspecified atom stereocenters. The number of methoxy groups -OCH3 is 2. The van der Waals surface area contributed by atoms with Crippen molar-refractivity contribution in [3.8, 4) is 22.8 Å². The molecule has 4 aromatic rings. The Kier molecular flexibility index (Phi) is 5.26. The van der Waals surface area contributed by atoms with Crippen molar-refractivity contribution in [1.82, 2.24) is 4.98 Å². The second-order valence-corrected chi connectivity index (χ2v) is 6.89. The summed E-state index contributed by atoms with van der Waals surface area (Å²) in [6.07, 6.45) is 1.67. The summed E-state index contributed by atoms with van der Waals surface area (Å²) in [5.41, 5.74) is 4.72. The van der Waals surface area contributed by atoms with E-state index in [1.165, 1.54) is 11.3 Å². The molecule has 146 valence electrons. The third kappa shape index (κ3) is 4.12. The van der Waals surface area contributed by atoms with Crippen LogP contribution < -0.4 is 20.5 Å². The Bertz CT molecular complexity index is 1250. The molecule has 0 atom stereocenters. The second-order valence-electron chi connectivity index (χ2n) is 6.04. The van der Waals surface area contributed by atoms with Gasteiger partial charge in [0.15, 0.2) is 0 Å². The summed E-state index contributed by atoms with van der Waals surface area (Å²) in [5.74, 6) is 1.44. The molecule has 0 bridgehead atoms. The fourth-order valence-electron chi connectivity index (χ4n) is 2.74. The number of benzene rings is 2. The van der Waals surface area contributed by atoms with Gasteiger partial charge in [0.05, 0.1) is 31.7 Å². The fraction of sp³-hybridized carbons (Fsp3) is 0.0952. The summed E-state index contributed by atoms with van der Waals surface area (Å²) in [7, 11) is 3.21. The Labute approximate surface area is 170 Å². The Morgan fingerprint density at radius 3 is 2.76 bits per heavy atom. The molecule has 2 heterocycles. The number of hydrogen-bond donors (Lipinski definition) is 1. The number of hydrazone groups is 1. The van der Waals surface area contributed by atoms with Gasteiger partial charge in [0.2, 0.25) is 5.13 Å². The standard InChI is InChI=1S/C21H17N3O4S/c1-26-15-5-3-4-13(8-15)11-22-24-21-23-18(12-29-21)17-10-14-9-16(27-2)6-7-19(14)28-20(17)25/h3-12H,1-2H3,(H,23,24)/b22-11-. The van der Waals surface area contributed by atoms with E-state index in [-0.39, 0.29) is 0 Å². The minimum absolute atomic E-state index is 0.381. The van der Waals surface area contributed by atoms with Gasteiger partial charge >= 0.3 is 5.63 Å². The number of anilines is 1. The summed E-state index contributed by atoms with van der Waals surface area (Å²) >= 11 is 1.34. The average molecular weight is 407 g/mol. The smallest absolute Gasteiger partial charge is 0.345 e. The van der Waals surface area contributed by atoms with E-state index in [0.717, 1.165) is 16.7 Å². The van der Waals surface area contributed by atoms with Crippen molar-refractivity contribution in [2.75, 3.05) is 19.6 Å². The summed E-state index contributed by atoms with van der Waals surface area (Å²) in [4.78, 5) is 16.8. The van der Waals surface area contributed by atoms with Crippen molar-refractivity contribution in [3.63, 3.8) is 0 Å². The number of hydrogen-bond acceptors (Lipinski definition) is 8. The molecular weight excluding hydrogens is 390 g/mol. The number of rotatable bonds is 6. The molecule has 0 fully saturated rings. The maximum Gasteiger partial charge on any atom is 0.345 e. The monoisotopic (exact) mass is 407 g/mol. The van der Waals surface area contributed by atoms with Gasteiger partial charge in [0, 0.05) is 10.8 Å². The topological polar surface area (TPSA) is 85.9 Å². The molecule has 2 aromatic heterocycles. The maximum atomic E-state index is 12.4. The van der Waals surface area contributed by atoms with Gasteiger partial charge in [-0.2, -0.15) is 5.10 Å². The number of thiazole rings is 1. The van der Waals surface area contributed by atoms with Crippen molar-refractivity contribution >= 4 is 33.7 Å². The first-order chi connectivity index (χ1) is 14.2. The van der Waals surface area contributed by atoms with E-state index in [2.05, 4.69) is 15.5 Å². The average Bonchev–Trinajstić information content (AvgIpc) is 3.21. The van der Waals surface area contributed by atoms with Gasteiger partial charge in [-0.15, -0.1) is 11.3 Å². The Hall–Kier alpha value is -3.65. The van der Waals surface area contributed by atoms with Crippen LogP contribution in [0.25, 0.3) is 22.2 Å². The minimum atomic E-state index is -0.445. The van der Waals surface area contributed by atoms with Crippen LogP contribution in [0, 0.1) is 0 Å². The molecule has 0 spiro atoms. The van der Waals surface area contributed by atoms with Gasteiger partial charge in [0.25, 0.3) is 0 Å². The molecule has 7 nitrogen and oxygen atoms in total. The van der Waals surface area contributed by atoms with E-state index in [1.807, 2.05) is 30.3 Å². The molecule has 29 heavy (non-hydrogen) atoms. The Morgan fingerprint density at radius 1 is 1.10 bits per heavy atom. The highest BCUT2D eigenvalue weighted by Gasteiger charge is 2.12. The summed E-state index contributed by atoms with van der Waals surface area (Å²) in [6.45, 7) is 0. The minimum Gasteiger partial charge on any atom is -0.497 e. The van der Waals surface area contributed by atoms with Crippen LogP contribution in [-0.4, -0.2) is 25.4 Å². The largest absolute Gasteiger partial charge is 0.497 e. The Balaban J connectivity index is 1.56. The normalized spacial score (nSPS) is 11.1. The van der Waals surface area contributed by atoms with E-state index in [0.29, 0.717) is 27.7 Å². The zero-order valence-electron chi connectivity index (χ0n) is 15.7. The molecule has 0 aliphatic rings. The number of fused-ring (bicyclic) bond motifs is 1. The summed E-state index contributed by atoms with van der Waals surface area (Å²) in [6, 6.07) is 14.5. The van der Waals surface area contributed by atoms with E-state index < -0.39 is 5.63 Å². The van der Waals surface area contributed by atoms with Crippen molar-refractivity contribution < 1.29 is 13.9 Å². The molecule has 1 N–H and O–H groups in total. The SMILES string of the molecule is COc1cccc(/C=N\Nc2nc(-c3cc4cc(OC)ccc4oc3=O)cs2)c1. The van der Waals surface area contributed by atoms with Crippen LogP contribution in [0.5, 0.6) is 11.5 Å². The Morgan fingerprint density at radius 2 is 1.93 bits per heavy atom. The summed E-state index contributed by atoms with van der Waals surface area (Å²) < 4.78 is 15.8. The summed E-state index contributed by atoms with van der Waals surface area (Å²) in [5, 5.41) is 7.29. The number of nitrogens with one attached hydrogen (secondary N) is 1. The van der Waals surface area contributed by atoms with Gasteiger partial charge in [0.1, 0.15) is 17.1 Å². The lowest BCUT2D eigenvalue weighted by atomic mass is 10.1. The molecule has 2 aromatic carbocycles.